The van der Waals surface area contributed by atoms with Gasteiger partial charge in [-0.25, -0.2) is 4.99 Å². The minimum Gasteiger partial charge on any atom is -0.357 e. The summed E-state index contributed by atoms with van der Waals surface area (Å²) in [5.41, 5.74) is -0.144. The van der Waals surface area contributed by atoms with Gasteiger partial charge in [0.05, 0.1) is 6.54 Å². The molecule has 0 fully saturated rings. The van der Waals surface area contributed by atoms with Gasteiger partial charge < -0.3 is 15.2 Å². The van der Waals surface area contributed by atoms with Crippen LogP contribution in [0.1, 0.15) is 49.2 Å². The fourth-order valence-corrected chi connectivity index (χ4v) is 2.70. The van der Waals surface area contributed by atoms with Crippen molar-refractivity contribution in [3.63, 3.8) is 0 Å². The van der Waals surface area contributed by atoms with Crippen LogP contribution in [0.5, 0.6) is 0 Å². The van der Waals surface area contributed by atoms with Crippen LogP contribution in [0.4, 0.5) is 0 Å². The van der Waals surface area contributed by atoms with E-state index in [2.05, 4.69) is 44.8 Å². The second-order valence-corrected chi connectivity index (χ2v) is 7.70. The molecule has 0 amide bonds. The smallest absolute Gasteiger partial charge is 0.232 e. The molecule has 0 saturated heterocycles. The number of aliphatic imine (C=N–C) groups is 1. The summed E-state index contributed by atoms with van der Waals surface area (Å²) < 4.78 is 5.28. The van der Waals surface area contributed by atoms with Gasteiger partial charge in [-0.3, -0.25) is 0 Å². The van der Waals surface area contributed by atoms with Gasteiger partial charge >= 0.3 is 0 Å². The molecule has 0 unspecified atom stereocenters. The zero-order valence-corrected chi connectivity index (χ0v) is 18.0. The van der Waals surface area contributed by atoms with Crippen molar-refractivity contribution in [3.8, 4) is 0 Å². The Bertz CT molecular complexity index is 659. The van der Waals surface area contributed by atoms with Gasteiger partial charge in [-0.2, -0.15) is 4.98 Å². The highest BCUT2D eigenvalue weighted by atomic mass is 127. The van der Waals surface area contributed by atoms with E-state index in [-0.39, 0.29) is 29.4 Å². The second kappa shape index (κ2) is 9.36. The number of aryl methyl sites for hydroxylation is 1. The van der Waals surface area contributed by atoms with E-state index in [1.54, 1.807) is 11.3 Å². The largest absolute Gasteiger partial charge is 0.357 e. The zero-order valence-electron chi connectivity index (χ0n) is 14.8. The van der Waals surface area contributed by atoms with Crippen molar-refractivity contribution in [2.24, 2.45) is 4.99 Å². The van der Waals surface area contributed by atoms with Crippen LogP contribution < -0.4 is 10.6 Å². The summed E-state index contributed by atoms with van der Waals surface area (Å²) in [6, 6.07) is 4.25. The normalized spacial score (nSPS) is 12.0. The molecule has 2 rings (SSSR count). The summed E-state index contributed by atoms with van der Waals surface area (Å²) in [4.78, 5) is 11.5. The summed E-state index contributed by atoms with van der Waals surface area (Å²) in [6.07, 6.45) is 0. The molecule has 6 nitrogen and oxygen atoms in total. The third kappa shape index (κ3) is 6.39. The second-order valence-electron chi connectivity index (χ2n) is 6.33. The van der Waals surface area contributed by atoms with Gasteiger partial charge in [-0.15, -0.1) is 35.3 Å². The van der Waals surface area contributed by atoms with E-state index >= 15 is 0 Å². The van der Waals surface area contributed by atoms with Gasteiger partial charge in [0.1, 0.15) is 6.54 Å². The van der Waals surface area contributed by atoms with Crippen LogP contribution >= 0.6 is 35.3 Å². The van der Waals surface area contributed by atoms with Crippen molar-refractivity contribution in [2.45, 2.75) is 53.1 Å². The van der Waals surface area contributed by atoms with Gasteiger partial charge in [-0.1, -0.05) is 25.9 Å². The first-order valence-electron chi connectivity index (χ1n) is 7.79. The quantitative estimate of drug-likeness (QED) is 0.403. The number of aromatic nitrogens is 2. The highest BCUT2D eigenvalue weighted by Gasteiger charge is 2.21. The predicted molar refractivity (Wildman–Crippen MR) is 109 cm³/mol. The van der Waals surface area contributed by atoms with Crippen molar-refractivity contribution < 1.29 is 4.52 Å². The maximum atomic E-state index is 5.28. The van der Waals surface area contributed by atoms with E-state index in [0.29, 0.717) is 18.3 Å². The van der Waals surface area contributed by atoms with E-state index in [0.717, 1.165) is 19.0 Å². The Morgan fingerprint density at radius 3 is 2.58 bits per heavy atom. The number of hydrogen-bond donors (Lipinski definition) is 2. The lowest BCUT2D eigenvalue weighted by atomic mass is 9.97. The number of nitrogens with zero attached hydrogens (tertiary/aromatic N) is 3. The fraction of sp³-hybridized carbons (Fsp3) is 0.562. The van der Waals surface area contributed by atoms with E-state index < -0.39 is 0 Å². The average Bonchev–Trinajstić information content (AvgIpc) is 3.10. The summed E-state index contributed by atoms with van der Waals surface area (Å²) in [6.45, 7) is 12.2. The van der Waals surface area contributed by atoms with E-state index in [9.17, 15) is 0 Å². The molecule has 2 N–H and O–H groups in total. The molecule has 134 valence electrons. The highest BCUT2D eigenvalue weighted by Crippen LogP contribution is 2.19. The molecule has 2 heterocycles. The lowest BCUT2D eigenvalue weighted by Crippen LogP contribution is -2.36. The van der Waals surface area contributed by atoms with Crippen LogP contribution in [0.25, 0.3) is 0 Å². The standard InChI is InChI=1S/C16H25N5OS.HI/c1-6-17-15(18-9-12-8-7-11(2)23-12)19-10-13-20-14(22-21-13)16(3,4)5;/h7-8H,6,9-10H2,1-5H3,(H2,17,18,19);1H. The topological polar surface area (TPSA) is 75.3 Å². The van der Waals surface area contributed by atoms with Crippen molar-refractivity contribution in [1.82, 2.24) is 20.8 Å². The Hall–Kier alpha value is -1.16. The molecule has 0 aliphatic carbocycles. The lowest BCUT2D eigenvalue weighted by Gasteiger charge is -2.10. The molecule has 0 aliphatic heterocycles. The molecule has 0 aromatic carbocycles. The van der Waals surface area contributed by atoms with E-state index in [1.807, 2.05) is 27.7 Å². The number of guanidine groups is 1. The molecule has 0 aliphatic rings. The number of rotatable bonds is 5. The average molecular weight is 463 g/mol. The number of halogens is 1. The van der Waals surface area contributed by atoms with Crippen LogP contribution in [-0.2, 0) is 18.5 Å². The van der Waals surface area contributed by atoms with Gasteiger partial charge in [0.15, 0.2) is 11.8 Å². The van der Waals surface area contributed by atoms with Crippen molar-refractivity contribution in [3.05, 3.63) is 33.6 Å². The maximum Gasteiger partial charge on any atom is 0.232 e. The molecule has 2 aromatic rings. The van der Waals surface area contributed by atoms with Crippen LogP contribution in [0.15, 0.2) is 21.6 Å². The van der Waals surface area contributed by atoms with Crippen LogP contribution in [-0.4, -0.2) is 22.6 Å². The molecule has 0 atom stereocenters. The molecule has 0 saturated carbocycles. The van der Waals surface area contributed by atoms with E-state index in [1.165, 1.54) is 9.75 Å². The molecule has 24 heavy (non-hydrogen) atoms. The Labute approximate surface area is 164 Å². The number of hydrogen-bond acceptors (Lipinski definition) is 5. The molecular weight excluding hydrogens is 437 g/mol. The molecule has 2 aromatic heterocycles. The highest BCUT2D eigenvalue weighted by molar-refractivity contribution is 14.0. The predicted octanol–water partition coefficient (Wildman–Crippen LogP) is 3.61. The number of nitrogens with one attached hydrogen (secondary N) is 2. The third-order valence-electron chi connectivity index (χ3n) is 3.06. The molecule has 8 heteroatoms. The minimum absolute atomic E-state index is 0. The van der Waals surface area contributed by atoms with Crippen LogP contribution in [0.3, 0.4) is 0 Å². The molecule has 0 bridgehead atoms. The summed E-state index contributed by atoms with van der Waals surface area (Å²) >= 11 is 1.78. The summed E-state index contributed by atoms with van der Waals surface area (Å²) in [7, 11) is 0. The maximum absolute atomic E-state index is 5.28. The van der Waals surface area contributed by atoms with Crippen molar-refractivity contribution >= 4 is 41.3 Å². The van der Waals surface area contributed by atoms with Crippen molar-refractivity contribution in [1.29, 1.82) is 0 Å². The van der Waals surface area contributed by atoms with Crippen LogP contribution in [0.2, 0.25) is 0 Å². The number of thiophene rings is 1. The summed E-state index contributed by atoms with van der Waals surface area (Å²) in [5, 5.41) is 10.5. The van der Waals surface area contributed by atoms with E-state index in [4.69, 9.17) is 4.52 Å². The van der Waals surface area contributed by atoms with Gasteiger partial charge in [-0.05, 0) is 26.0 Å². The van der Waals surface area contributed by atoms with Gasteiger partial charge in [0.2, 0.25) is 5.89 Å². The van der Waals surface area contributed by atoms with Gasteiger partial charge in [0, 0.05) is 21.7 Å². The Balaban J connectivity index is 0.00000288. The SMILES string of the molecule is CCNC(=NCc1noc(C(C)(C)C)n1)NCc1ccc(C)s1.I. The van der Waals surface area contributed by atoms with Crippen molar-refractivity contribution in [2.75, 3.05) is 6.54 Å². The fourth-order valence-electron chi connectivity index (χ4n) is 1.87. The monoisotopic (exact) mass is 463 g/mol. The third-order valence-corrected chi connectivity index (χ3v) is 4.06. The lowest BCUT2D eigenvalue weighted by molar-refractivity contribution is 0.318. The Morgan fingerprint density at radius 1 is 1.29 bits per heavy atom. The van der Waals surface area contributed by atoms with Crippen LogP contribution in [0, 0.1) is 6.92 Å². The zero-order chi connectivity index (χ0) is 16.9. The molecular formula is C16H26IN5OS. The Morgan fingerprint density at radius 2 is 2.04 bits per heavy atom. The first kappa shape index (κ1) is 20.9. The summed E-state index contributed by atoms with van der Waals surface area (Å²) in [5.74, 6) is 1.98. The first-order valence-corrected chi connectivity index (χ1v) is 8.60. The first-order chi connectivity index (χ1) is 10.9. The molecule has 0 spiro atoms. The molecule has 0 radical (unpaired) electrons. The minimum atomic E-state index is -0.144. The Kier molecular flexibility index (Phi) is 8.14. The van der Waals surface area contributed by atoms with Gasteiger partial charge in [0.25, 0.3) is 0 Å².